The van der Waals surface area contributed by atoms with Crippen LogP contribution in [0, 0.1) is 0 Å². The number of pyridine rings is 1. The van der Waals surface area contributed by atoms with Gasteiger partial charge in [0.05, 0.1) is 21.6 Å². The molecule has 0 unspecified atom stereocenters. The molecular formula is C20H12ClF3N4O2. The minimum atomic E-state index is -4.61. The van der Waals surface area contributed by atoms with Crippen LogP contribution in [0.25, 0.3) is 11.0 Å². The summed E-state index contributed by atoms with van der Waals surface area (Å²) in [5, 5.41) is 2.13. The van der Waals surface area contributed by atoms with E-state index in [-0.39, 0.29) is 16.9 Å². The molecule has 0 aliphatic carbocycles. The van der Waals surface area contributed by atoms with Crippen molar-refractivity contribution in [3.8, 4) is 11.5 Å². The highest BCUT2D eigenvalue weighted by molar-refractivity contribution is 6.32. The molecule has 0 saturated carbocycles. The van der Waals surface area contributed by atoms with Crippen LogP contribution in [0.3, 0.4) is 0 Å². The van der Waals surface area contributed by atoms with Gasteiger partial charge in [0.1, 0.15) is 11.5 Å². The van der Waals surface area contributed by atoms with Gasteiger partial charge in [0.15, 0.2) is 5.82 Å². The average Bonchev–Trinajstić information content (AvgIpc) is 3.12. The zero-order valence-electron chi connectivity index (χ0n) is 15.0. The minimum Gasteiger partial charge on any atom is -0.457 e. The van der Waals surface area contributed by atoms with E-state index in [4.69, 9.17) is 16.3 Å². The molecule has 4 rings (SSSR count). The van der Waals surface area contributed by atoms with Gasteiger partial charge in [-0.25, -0.2) is 4.98 Å². The van der Waals surface area contributed by atoms with E-state index in [9.17, 15) is 18.0 Å². The summed E-state index contributed by atoms with van der Waals surface area (Å²) in [7, 11) is 0. The first-order valence-electron chi connectivity index (χ1n) is 8.55. The number of aromatic nitrogens is 3. The molecular weight excluding hydrogens is 421 g/mol. The molecule has 0 aliphatic heterocycles. The summed E-state index contributed by atoms with van der Waals surface area (Å²) in [6.07, 6.45) is -1.41. The molecule has 4 aromatic rings. The number of anilines is 1. The molecule has 2 N–H and O–H groups in total. The van der Waals surface area contributed by atoms with Crippen molar-refractivity contribution in [1.29, 1.82) is 0 Å². The fourth-order valence-electron chi connectivity index (χ4n) is 2.70. The van der Waals surface area contributed by atoms with Crippen LogP contribution in [-0.4, -0.2) is 20.9 Å². The first-order valence-corrected chi connectivity index (χ1v) is 8.93. The van der Waals surface area contributed by atoms with Crippen molar-refractivity contribution in [2.45, 2.75) is 6.18 Å². The molecule has 0 spiro atoms. The lowest BCUT2D eigenvalue weighted by atomic mass is 10.2. The number of carbonyl (C=O) groups excluding carboxylic acids is 1. The molecule has 1 amide bonds. The number of halogens is 4. The number of carbonyl (C=O) groups is 1. The normalized spacial score (nSPS) is 11.5. The van der Waals surface area contributed by atoms with E-state index in [1.54, 1.807) is 48.8 Å². The summed E-state index contributed by atoms with van der Waals surface area (Å²) in [6, 6.07) is 11.9. The molecule has 0 fully saturated rings. The Balaban J connectivity index is 1.50. The van der Waals surface area contributed by atoms with Gasteiger partial charge in [-0.15, -0.1) is 0 Å². The highest BCUT2D eigenvalue weighted by Crippen LogP contribution is 2.36. The lowest BCUT2D eigenvalue weighted by Crippen LogP contribution is -2.13. The Morgan fingerprint density at radius 1 is 1.03 bits per heavy atom. The van der Waals surface area contributed by atoms with E-state index in [1.165, 1.54) is 0 Å². The number of imidazole rings is 1. The van der Waals surface area contributed by atoms with Gasteiger partial charge in [-0.2, -0.15) is 13.2 Å². The Kier molecular flexibility index (Phi) is 5.04. The summed E-state index contributed by atoms with van der Waals surface area (Å²) in [5.74, 6) is 0.411. The van der Waals surface area contributed by atoms with Crippen LogP contribution in [0.2, 0.25) is 5.02 Å². The fraction of sp³-hybridized carbons (Fsp3) is 0.0500. The molecule has 0 saturated heterocycles. The second-order valence-corrected chi connectivity index (χ2v) is 6.60. The summed E-state index contributed by atoms with van der Waals surface area (Å²) in [4.78, 5) is 22.9. The van der Waals surface area contributed by atoms with Crippen LogP contribution in [-0.2, 0) is 6.18 Å². The number of benzene rings is 2. The van der Waals surface area contributed by atoms with E-state index < -0.39 is 22.7 Å². The number of fused-ring (bicyclic) bond motifs is 1. The highest BCUT2D eigenvalue weighted by atomic mass is 35.5. The van der Waals surface area contributed by atoms with Gasteiger partial charge in [-0.1, -0.05) is 11.6 Å². The molecule has 2 heterocycles. The Morgan fingerprint density at radius 2 is 1.70 bits per heavy atom. The molecule has 2 aromatic carbocycles. The highest BCUT2D eigenvalue weighted by Gasteiger charge is 2.34. The Bertz CT molecular complexity index is 1210. The van der Waals surface area contributed by atoms with Gasteiger partial charge in [0.2, 0.25) is 0 Å². The number of alkyl halides is 3. The van der Waals surface area contributed by atoms with Crippen molar-refractivity contribution >= 4 is 34.2 Å². The van der Waals surface area contributed by atoms with E-state index in [1.807, 2.05) is 0 Å². The molecule has 6 nitrogen and oxygen atoms in total. The Hall–Kier alpha value is -3.59. The first-order chi connectivity index (χ1) is 14.3. The third kappa shape index (κ3) is 4.20. The Morgan fingerprint density at radius 3 is 2.37 bits per heavy atom. The lowest BCUT2D eigenvalue weighted by molar-refractivity contribution is -0.137. The summed E-state index contributed by atoms with van der Waals surface area (Å²) in [5.41, 5.74) is -0.342. The van der Waals surface area contributed by atoms with E-state index >= 15 is 0 Å². The standard InChI is InChI=1S/C20H12ClF3N4O2/c21-15-10-17-16(9-14(15)20(22,23)24)27-18(28-17)19(29)26-11-1-3-12(4-2-11)30-13-5-7-25-8-6-13/h1-10H,(H,26,29)(H,27,28). The van der Waals surface area contributed by atoms with Crippen LogP contribution in [0.4, 0.5) is 18.9 Å². The van der Waals surface area contributed by atoms with Gasteiger partial charge in [-0.05, 0) is 48.5 Å². The lowest BCUT2D eigenvalue weighted by Gasteiger charge is -2.08. The van der Waals surface area contributed by atoms with Crippen molar-refractivity contribution in [3.05, 3.63) is 77.3 Å². The van der Waals surface area contributed by atoms with Gasteiger partial charge in [0, 0.05) is 18.1 Å². The van der Waals surface area contributed by atoms with Gasteiger partial charge in [0.25, 0.3) is 5.91 Å². The summed E-state index contributed by atoms with van der Waals surface area (Å²) >= 11 is 5.69. The topological polar surface area (TPSA) is 79.9 Å². The zero-order valence-corrected chi connectivity index (χ0v) is 15.8. The van der Waals surface area contributed by atoms with Crippen molar-refractivity contribution in [1.82, 2.24) is 15.0 Å². The first kappa shape index (κ1) is 19.7. The monoisotopic (exact) mass is 432 g/mol. The quantitative estimate of drug-likeness (QED) is 0.435. The maximum absolute atomic E-state index is 13.0. The minimum absolute atomic E-state index is 0.0537. The van der Waals surface area contributed by atoms with Crippen LogP contribution in [0.5, 0.6) is 11.5 Å². The number of nitrogens with zero attached hydrogens (tertiary/aromatic N) is 2. The van der Waals surface area contributed by atoms with Crippen molar-refractivity contribution in [2.75, 3.05) is 5.32 Å². The maximum Gasteiger partial charge on any atom is 0.417 e. The largest absolute Gasteiger partial charge is 0.457 e. The van der Waals surface area contributed by atoms with E-state index in [0.29, 0.717) is 17.2 Å². The molecule has 10 heteroatoms. The molecule has 30 heavy (non-hydrogen) atoms. The average molecular weight is 433 g/mol. The number of aromatic amines is 1. The number of hydrogen-bond acceptors (Lipinski definition) is 4. The molecule has 152 valence electrons. The number of rotatable bonds is 4. The van der Waals surface area contributed by atoms with Crippen molar-refractivity contribution < 1.29 is 22.7 Å². The maximum atomic E-state index is 13.0. The third-order valence-electron chi connectivity index (χ3n) is 4.09. The van der Waals surface area contributed by atoms with E-state index in [0.717, 1.165) is 12.1 Å². The van der Waals surface area contributed by atoms with Gasteiger partial charge >= 0.3 is 6.18 Å². The van der Waals surface area contributed by atoms with Crippen LogP contribution >= 0.6 is 11.6 Å². The van der Waals surface area contributed by atoms with Crippen molar-refractivity contribution in [3.63, 3.8) is 0 Å². The summed E-state index contributed by atoms with van der Waals surface area (Å²) < 4.78 is 44.6. The number of ether oxygens (including phenoxy) is 1. The van der Waals surface area contributed by atoms with E-state index in [2.05, 4.69) is 20.3 Å². The number of nitrogens with one attached hydrogen (secondary N) is 2. The summed E-state index contributed by atoms with van der Waals surface area (Å²) in [6.45, 7) is 0. The van der Waals surface area contributed by atoms with Crippen molar-refractivity contribution in [2.24, 2.45) is 0 Å². The zero-order chi connectivity index (χ0) is 21.3. The Labute approximate surface area is 172 Å². The van der Waals surface area contributed by atoms with Crippen LogP contribution < -0.4 is 10.1 Å². The third-order valence-corrected chi connectivity index (χ3v) is 4.40. The molecule has 2 aromatic heterocycles. The van der Waals surface area contributed by atoms with Gasteiger partial charge < -0.3 is 15.0 Å². The predicted octanol–water partition coefficient (Wildman–Crippen LogP) is 5.67. The number of H-pyrrole nitrogens is 1. The fourth-order valence-corrected chi connectivity index (χ4v) is 2.96. The molecule has 0 bridgehead atoms. The SMILES string of the molecule is O=C(Nc1ccc(Oc2ccncc2)cc1)c1nc2cc(Cl)c(C(F)(F)F)cc2[nH]1. The number of amides is 1. The van der Waals surface area contributed by atoms with Gasteiger partial charge in [-0.3, -0.25) is 9.78 Å². The molecule has 0 atom stereocenters. The molecule has 0 radical (unpaired) electrons. The molecule has 0 aliphatic rings. The van der Waals surface area contributed by atoms with Crippen LogP contribution in [0.15, 0.2) is 60.9 Å². The second kappa shape index (κ2) is 7.68. The van der Waals surface area contributed by atoms with Crippen LogP contribution in [0.1, 0.15) is 16.2 Å². The predicted molar refractivity (Wildman–Crippen MR) is 105 cm³/mol. The second-order valence-electron chi connectivity index (χ2n) is 6.20. The smallest absolute Gasteiger partial charge is 0.417 e. The number of hydrogen-bond donors (Lipinski definition) is 2.